The van der Waals surface area contributed by atoms with Crippen LogP contribution in [0.3, 0.4) is 0 Å². The molecule has 0 aliphatic carbocycles. The van der Waals surface area contributed by atoms with E-state index >= 15 is 0 Å². The van der Waals surface area contributed by atoms with E-state index in [2.05, 4.69) is 0 Å². The molecular weight excluding hydrogens is 375 g/mol. The first-order valence-electron chi connectivity index (χ1n) is 8.34. The van der Waals surface area contributed by atoms with Gasteiger partial charge in [0.1, 0.15) is 5.82 Å². The summed E-state index contributed by atoms with van der Waals surface area (Å²) in [6.45, 7) is 2.17. The third-order valence-electron chi connectivity index (χ3n) is 4.37. The van der Waals surface area contributed by atoms with Gasteiger partial charge in [-0.1, -0.05) is 48.0 Å². The third-order valence-corrected chi connectivity index (χ3v) is 6.29. The molecule has 3 rings (SSSR count). The minimum absolute atomic E-state index is 0.335. The van der Waals surface area contributed by atoms with Crippen molar-refractivity contribution < 1.29 is 12.8 Å². The lowest BCUT2D eigenvalue weighted by molar-refractivity contribution is 0.181. The van der Waals surface area contributed by atoms with Crippen molar-refractivity contribution in [1.29, 1.82) is 0 Å². The molecule has 0 aromatic heterocycles. The van der Waals surface area contributed by atoms with Crippen LogP contribution < -0.4 is 0 Å². The van der Waals surface area contributed by atoms with Gasteiger partial charge in [-0.25, -0.2) is 12.8 Å². The molecule has 0 saturated carbocycles. The maximum atomic E-state index is 13.9. The quantitative estimate of drug-likeness (QED) is 0.778. The molecule has 1 fully saturated rings. The van der Waals surface area contributed by atoms with E-state index in [4.69, 9.17) is 11.6 Å². The Morgan fingerprint density at radius 1 is 1.00 bits per heavy atom. The summed E-state index contributed by atoms with van der Waals surface area (Å²) in [6, 6.07) is 13.9. The van der Waals surface area contributed by atoms with E-state index in [-0.39, 0.29) is 5.82 Å². The van der Waals surface area contributed by atoms with E-state index in [1.807, 2.05) is 35.2 Å². The smallest absolute Gasteiger partial charge is 0.236 e. The summed E-state index contributed by atoms with van der Waals surface area (Å²) in [7, 11) is -3.47. The Bertz CT molecular complexity index is 859. The van der Waals surface area contributed by atoms with Crippen LogP contribution >= 0.6 is 11.6 Å². The van der Waals surface area contributed by atoms with Crippen LogP contribution in [0.15, 0.2) is 53.9 Å². The van der Waals surface area contributed by atoms with Gasteiger partial charge in [0.05, 0.1) is 0 Å². The molecule has 0 unspecified atom stereocenters. The molecule has 2 aromatic rings. The number of hydrogen-bond acceptors (Lipinski definition) is 3. The molecule has 0 amide bonds. The largest absolute Gasteiger partial charge is 0.296 e. The number of halogens is 2. The fourth-order valence-corrected chi connectivity index (χ4v) is 4.26. The highest BCUT2D eigenvalue weighted by Crippen LogP contribution is 2.22. The summed E-state index contributed by atoms with van der Waals surface area (Å²) in [5.41, 5.74) is 1.29. The average molecular weight is 395 g/mol. The number of hydrogen-bond donors (Lipinski definition) is 0. The summed E-state index contributed by atoms with van der Waals surface area (Å²) in [5.74, 6) is -0.335. The maximum Gasteiger partial charge on any atom is 0.236 e. The highest BCUT2D eigenvalue weighted by molar-refractivity contribution is 7.92. The summed E-state index contributed by atoms with van der Waals surface area (Å²) < 4.78 is 40.3. The normalized spacial score (nSPS) is 17.0. The second-order valence-electron chi connectivity index (χ2n) is 6.13. The minimum atomic E-state index is -3.47. The fraction of sp³-hybridized carbons (Fsp3) is 0.263. The Morgan fingerprint density at radius 3 is 2.35 bits per heavy atom. The van der Waals surface area contributed by atoms with Crippen molar-refractivity contribution in [3.05, 3.63) is 75.9 Å². The predicted molar refractivity (Wildman–Crippen MR) is 103 cm³/mol. The van der Waals surface area contributed by atoms with Crippen molar-refractivity contribution >= 4 is 27.7 Å². The molecule has 138 valence electrons. The molecule has 1 saturated heterocycles. The lowest BCUT2D eigenvalue weighted by Crippen LogP contribution is -2.47. The molecular formula is C19H20ClFN2O2S. The molecule has 4 nitrogen and oxygen atoms in total. The first-order chi connectivity index (χ1) is 12.5. The number of nitrogens with zero attached hydrogens (tertiary/aromatic N) is 2. The van der Waals surface area contributed by atoms with Crippen LogP contribution in [-0.4, -0.2) is 43.8 Å². The van der Waals surface area contributed by atoms with E-state index in [9.17, 15) is 12.8 Å². The van der Waals surface area contributed by atoms with Crippen LogP contribution in [0.4, 0.5) is 4.39 Å². The predicted octanol–water partition coefficient (Wildman–Crippen LogP) is 3.60. The third kappa shape index (κ3) is 4.71. The van der Waals surface area contributed by atoms with Crippen LogP contribution in [0.1, 0.15) is 11.1 Å². The van der Waals surface area contributed by atoms with Crippen LogP contribution in [0.5, 0.6) is 0 Å². The van der Waals surface area contributed by atoms with E-state index in [1.54, 1.807) is 18.2 Å². The van der Waals surface area contributed by atoms with E-state index < -0.39 is 10.0 Å². The summed E-state index contributed by atoms with van der Waals surface area (Å²) in [6.07, 6.45) is 1.60. The zero-order chi connectivity index (χ0) is 18.6. The Labute approximate surface area is 158 Å². The number of rotatable bonds is 5. The zero-order valence-electron chi connectivity index (χ0n) is 14.2. The number of sulfonamides is 1. The fourth-order valence-electron chi connectivity index (χ4n) is 2.86. The van der Waals surface area contributed by atoms with Gasteiger partial charge in [-0.3, -0.25) is 4.90 Å². The summed E-state index contributed by atoms with van der Waals surface area (Å²) in [5, 5.41) is 1.64. The standard InChI is InChI=1S/C19H20ClFN2O2S/c20-18-7-4-8-19(21)17(18)15-22-10-12-23(13-11-22)26(24,25)14-9-16-5-2-1-3-6-16/h1-9,14H,10-13,15H2. The Balaban J connectivity index is 1.60. The SMILES string of the molecule is O=S(=O)(C=Cc1ccccc1)N1CCN(Cc2c(F)cccc2Cl)CC1. The van der Waals surface area contributed by atoms with Crippen molar-refractivity contribution in [3.8, 4) is 0 Å². The van der Waals surface area contributed by atoms with Gasteiger partial charge in [-0.2, -0.15) is 4.31 Å². The molecule has 0 radical (unpaired) electrons. The lowest BCUT2D eigenvalue weighted by Gasteiger charge is -2.33. The number of piperazine rings is 1. The van der Waals surface area contributed by atoms with Crippen molar-refractivity contribution in [2.75, 3.05) is 26.2 Å². The highest BCUT2D eigenvalue weighted by atomic mass is 35.5. The highest BCUT2D eigenvalue weighted by Gasteiger charge is 2.25. The van der Waals surface area contributed by atoms with Crippen LogP contribution in [0, 0.1) is 5.82 Å². The maximum absolute atomic E-state index is 13.9. The average Bonchev–Trinajstić information content (AvgIpc) is 2.65. The van der Waals surface area contributed by atoms with Gasteiger partial charge in [0.2, 0.25) is 10.0 Å². The summed E-state index contributed by atoms with van der Waals surface area (Å²) in [4.78, 5) is 2.01. The monoisotopic (exact) mass is 394 g/mol. The van der Waals surface area contributed by atoms with Gasteiger partial charge in [0.25, 0.3) is 0 Å². The van der Waals surface area contributed by atoms with Crippen LogP contribution in [0.2, 0.25) is 5.02 Å². The van der Waals surface area contributed by atoms with E-state index in [1.165, 1.54) is 15.8 Å². The van der Waals surface area contributed by atoms with Crippen LogP contribution in [0.25, 0.3) is 6.08 Å². The Morgan fingerprint density at radius 2 is 1.69 bits per heavy atom. The number of benzene rings is 2. The molecule has 26 heavy (non-hydrogen) atoms. The van der Waals surface area contributed by atoms with Gasteiger partial charge in [0, 0.05) is 48.7 Å². The summed E-state index contributed by atoms with van der Waals surface area (Å²) >= 11 is 6.07. The molecule has 1 aliphatic rings. The minimum Gasteiger partial charge on any atom is -0.296 e. The lowest BCUT2D eigenvalue weighted by atomic mass is 10.2. The van der Waals surface area contributed by atoms with Crippen molar-refractivity contribution in [3.63, 3.8) is 0 Å². The Hall–Kier alpha value is -1.73. The van der Waals surface area contributed by atoms with Gasteiger partial charge < -0.3 is 0 Å². The van der Waals surface area contributed by atoms with Crippen molar-refractivity contribution in [2.24, 2.45) is 0 Å². The van der Waals surface area contributed by atoms with Gasteiger partial charge in [0.15, 0.2) is 0 Å². The van der Waals surface area contributed by atoms with Gasteiger partial charge in [-0.15, -0.1) is 0 Å². The Kier molecular flexibility index (Phi) is 6.09. The zero-order valence-corrected chi connectivity index (χ0v) is 15.8. The first kappa shape index (κ1) is 19.0. The molecule has 0 spiro atoms. The molecule has 7 heteroatoms. The van der Waals surface area contributed by atoms with Gasteiger partial charge >= 0.3 is 0 Å². The molecule has 1 heterocycles. The van der Waals surface area contributed by atoms with Gasteiger partial charge in [-0.05, 0) is 23.8 Å². The molecule has 0 N–H and O–H groups in total. The molecule has 0 atom stereocenters. The molecule has 0 bridgehead atoms. The van der Waals surface area contributed by atoms with Crippen LogP contribution in [-0.2, 0) is 16.6 Å². The molecule has 2 aromatic carbocycles. The second-order valence-corrected chi connectivity index (χ2v) is 8.36. The second kappa shape index (κ2) is 8.31. The first-order valence-corrected chi connectivity index (χ1v) is 10.2. The van der Waals surface area contributed by atoms with E-state index in [0.29, 0.717) is 43.3 Å². The van der Waals surface area contributed by atoms with Crippen molar-refractivity contribution in [2.45, 2.75) is 6.54 Å². The molecule has 1 aliphatic heterocycles. The van der Waals surface area contributed by atoms with E-state index in [0.717, 1.165) is 5.56 Å². The van der Waals surface area contributed by atoms with Crippen molar-refractivity contribution in [1.82, 2.24) is 9.21 Å². The topological polar surface area (TPSA) is 40.6 Å².